The first-order chi connectivity index (χ1) is 13.8. The standard InChI is InChI=1S/C22H25F3N2O2/c1-2-11-21(12-13-26-17-8-4-3-5-9-17)15-19(21)27-20(28)16-7-6-10-18(14-16)29-22(23,24)25/h3-10,14,19,26H,2,11-13,15H2,1H3,(H,27,28). The van der Waals surface area contributed by atoms with Gasteiger partial charge in [-0.25, -0.2) is 0 Å². The molecule has 0 heterocycles. The third-order valence-corrected chi connectivity index (χ3v) is 5.30. The molecule has 1 amide bonds. The van der Waals surface area contributed by atoms with Gasteiger partial charge in [0, 0.05) is 23.8 Å². The highest BCUT2D eigenvalue weighted by molar-refractivity contribution is 5.95. The molecule has 2 atom stereocenters. The molecule has 2 N–H and O–H groups in total. The van der Waals surface area contributed by atoms with Crippen LogP contribution in [0.1, 0.15) is 43.0 Å². The van der Waals surface area contributed by atoms with Crippen molar-refractivity contribution in [3.63, 3.8) is 0 Å². The van der Waals surface area contributed by atoms with Crippen LogP contribution in [-0.4, -0.2) is 24.9 Å². The van der Waals surface area contributed by atoms with E-state index < -0.39 is 12.1 Å². The summed E-state index contributed by atoms with van der Waals surface area (Å²) in [6.07, 6.45) is -0.994. The summed E-state index contributed by atoms with van der Waals surface area (Å²) in [5.41, 5.74) is 1.25. The molecule has 2 aromatic rings. The fourth-order valence-corrected chi connectivity index (χ4v) is 3.82. The number of alkyl halides is 3. The molecule has 0 spiro atoms. The van der Waals surface area contributed by atoms with Gasteiger partial charge in [0.1, 0.15) is 5.75 Å². The molecule has 7 heteroatoms. The average molecular weight is 406 g/mol. The second-order valence-corrected chi connectivity index (χ2v) is 7.46. The molecular formula is C22H25F3N2O2. The quantitative estimate of drug-likeness (QED) is 0.588. The molecule has 0 aliphatic heterocycles. The lowest BCUT2D eigenvalue weighted by Gasteiger charge is -2.18. The van der Waals surface area contributed by atoms with Crippen LogP contribution in [0.5, 0.6) is 5.75 Å². The van der Waals surface area contributed by atoms with Crippen LogP contribution in [0.3, 0.4) is 0 Å². The second kappa shape index (κ2) is 8.76. The van der Waals surface area contributed by atoms with Crippen LogP contribution in [0.15, 0.2) is 54.6 Å². The van der Waals surface area contributed by atoms with Gasteiger partial charge in [0.05, 0.1) is 0 Å². The van der Waals surface area contributed by atoms with Crippen molar-refractivity contribution in [2.24, 2.45) is 5.41 Å². The van der Waals surface area contributed by atoms with Crippen molar-refractivity contribution in [3.05, 3.63) is 60.2 Å². The summed E-state index contributed by atoms with van der Waals surface area (Å²) in [6, 6.07) is 15.1. The van der Waals surface area contributed by atoms with Gasteiger partial charge in [-0.2, -0.15) is 0 Å². The lowest BCUT2D eigenvalue weighted by molar-refractivity contribution is -0.274. The van der Waals surface area contributed by atoms with E-state index in [0.717, 1.165) is 44.0 Å². The summed E-state index contributed by atoms with van der Waals surface area (Å²) < 4.78 is 41.1. The Bertz CT molecular complexity index is 826. The third-order valence-electron chi connectivity index (χ3n) is 5.30. The molecule has 1 fully saturated rings. The summed E-state index contributed by atoms with van der Waals surface area (Å²) in [5, 5.41) is 6.38. The van der Waals surface area contributed by atoms with Crippen LogP contribution < -0.4 is 15.4 Å². The van der Waals surface area contributed by atoms with E-state index >= 15 is 0 Å². The summed E-state index contributed by atoms with van der Waals surface area (Å²) in [7, 11) is 0. The van der Waals surface area contributed by atoms with Crippen molar-refractivity contribution in [3.8, 4) is 5.75 Å². The Morgan fingerprint density at radius 1 is 1.14 bits per heavy atom. The van der Waals surface area contributed by atoms with Crippen LogP contribution in [0, 0.1) is 5.41 Å². The van der Waals surface area contributed by atoms with E-state index in [9.17, 15) is 18.0 Å². The monoisotopic (exact) mass is 406 g/mol. The van der Waals surface area contributed by atoms with Crippen LogP contribution in [0.25, 0.3) is 0 Å². The maximum Gasteiger partial charge on any atom is 0.573 e. The van der Waals surface area contributed by atoms with Crippen molar-refractivity contribution < 1.29 is 22.7 Å². The number of hydrogen-bond donors (Lipinski definition) is 2. The fourth-order valence-electron chi connectivity index (χ4n) is 3.82. The maximum absolute atomic E-state index is 12.5. The van der Waals surface area contributed by atoms with Crippen molar-refractivity contribution in [1.29, 1.82) is 0 Å². The van der Waals surface area contributed by atoms with Crippen molar-refractivity contribution in [2.75, 3.05) is 11.9 Å². The van der Waals surface area contributed by atoms with E-state index in [1.165, 1.54) is 18.2 Å². The zero-order chi connectivity index (χ0) is 20.9. The van der Waals surface area contributed by atoms with Gasteiger partial charge in [-0.3, -0.25) is 4.79 Å². The highest BCUT2D eigenvalue weighted by Gasteiger charge is 2.53. The van der Waals surface area contributed by atoms with Crippen molar-refractivity contribution in [1.82, 2.24) is 5.32 Å². The lowest BCUT2D eigenvalue weighted by atomic mass is 9.95. The number of anilines is 1. The zero-order valence-corrected chi connectivity index (χ0v) is 16.3. The molecule has 2 unspecified atom stereocenters. The second-order valence-electron chi connectivity index (χ2n) is 7.46. The molecule has 1 aliphatic rings. The Morgan fingerprint density at radius 2 is 1.90 bits per heavy atom. The van der Waals surface area contributed by atoms with Gasteiger partial charge in [-0.1, -0.05) is 37.6 Å². The Morgan fingerprint density at radius 3 is 2.59 bits per heavy atom. The molecule has 0 radical (unpaired) electrons. The van der Waals surface area contributed by atoms with E-state index in [2.05, 4.69) is 22.3 Å². The minimum Gasteiger partial charge on any atom is -0.406 e. The van der Waals surface area contributed by atoms with E-state index in [4.69, 9.17) is 0 Å². The van der Waals surface area contributed by atoms with E-state index in [0.29, 0.717) is 0 Å². The Balaban J connectivity index is 1.56. The van der Waals surface area contributed by atoms with Crippen LogP contribution in [0.4, 0.5) is 18.9 Å². The number of halogens is 3. The Kier molecular flexibility index (Phi) is 6.35. The smallest absolute Gasteiger partial charge is 0.406 e. The number of ether oxygens (including phenoxy) is 1. The predicted octanol–water partition coefficient (Wildman–Crippen LogP) is 5.38. The topological polar surface area (TPSA) is 50.4 Å². The van der Waals surface area contributed by atoms with Gasteiger partial charge in [0.25, 0.3) is 5.91 Å². The molecular weight excluding hydrogens is 381 g/mol. The third kappa shape index (κ3) is 5.89. The zero-order valence-electron chi connectivity index (χ0n) is 16.3. The molecule has 2 aromatic carbocycles. The molecule has 3 rings (SSSR count). The molecule has 1 saturated carbocycles. The minimum absolute atomic E-state index is 0.0275. The van der Waals surface area contributed by atoms with E-state index in [1.807, 2.05) is 30.3 Å². The number of rotatable bonds is 9. The number of nitrogens with one attached hydrogen (secondary N) is 2. The summed E-state index contributed by atoms with van der Waals surface area (Å²) >= 11 is 0. The number of carbonyl (C=O) groups is 1. The molecule has 1 aliphatic carbocycles. The SMILES string of the molecule is CCCC1(CCNc2ccccc2)CC1NC(=O)c1cccc(OC(F)(F)F)c1. The van der Waals surface area contributed by atoms with Gasteiger partial charge in [0.15, 0.2) is 0 Å². The summed E-state index contributed by atoms with van der Waals surface area (Å²) in [5.74, 6) is -0.774. The summed E-state index contributed by atoms with van der Waals surface area (Å²) in [4.78, 5) is 12.5. The van der Waals surface area contributed by atoms with Crippen LogP contribution >= 0.6 is 0 Å². The van der Waals surface area contributed by atoms with Gasteiger partial charge in [-0.15, -0.1) is 13.2 Å². The van der Waals surface area contributed by atoms with Gasteiger partial charge >= 0.3 is 6.36 Å². The first-order valence-corrected chi connectivity index (χ1v) is 9.77. The number of amides is 1. The Hall–Kier alpha value is -2.70. The molecule has 156 valence electrons. The minimum atomic E-state index is -4.78. The van der Waals surface area contributed by atoms with E-state index in [-0.39, 0.29) is 22.9 Å². The molecule has 0 aromatic heterocycles. The van der Waals surface area contributed by atoms with Gasteiger partial charge in [0.2, 0.25) is 0 Å². The molecule has 4 nitrogen and oxygen atoms in total. The number of carbonyl (C=O) groups excluding carboxylic acids is 1. The number of benzene rings is 2. The first-order valence-electron chi connectivity index (χ1n) is 9.77. The lowest BCUT2D eigenvalue weighted by Crippen LogP contribution is -2.30. The van der Waals surface area contributed by atoms with Crippen LogP contribution in [0.2, 0.25) is 0 Å². The predicted molar refractivity (Wildman–Crippen MR) is 106 cm³/mol. The van der Waals surface area contributed by atoms with Crippen molar-refractivity contribution in [2.45, 2.75) is 45.0 Å². The molecule has 0 bridgehead atoms. The maximum atomic E-state index is 12.5. The largest absolute Gasteiger partial charge is 0.573 e. The van der Waals surface area contributed by atoms with E-state index in [1.54, 1.807) is 0 Å². The number of para-hydroxylation sites is 1. The Labute approximate surface area is 168 Å². The van der Waals surface area contributed by atoms with Gasteiger partial charge in [-0.05, 0) is 55.0 Å². The normalized spacial score (nSPS) is 20.8. The first kappa shape index (κ1) is 21.0. The highest BCUT2D eigenvalue weighted by atomic mass is 19.4. The summed E-state index contributed by atoms with van der Waals surface area (Å²) in [6.45, 7) is 2.91. The molecule has 0 saturated heterocycles. The number of hydrogen-bond acceptors (Lipinski definition) is 3. The molecule has 29 heavy (non-hydrogen) atoms. The van der Waals surface area contributed by atoms with Crippen LogP contribution in [-0.2, 0) is 0 Å². The average Bonchev–Trinajstić information content (AvgIpc) is 3.33. The highest BCUT2D eigenvalue weighted by Crippen LogP contribution is 2.52. The van der Waals surface area contributed by atoms with Gasteiger partial charge < -0.3 is 15.4 Å². The fraction of sp³-hybridized carbons (Fsp3) is 0.409. The van der Waals surface area contributed by atoms with Crippen molar-refractivity contribution >= 4 is 11.6 Å².